The fourth-order valence-corrected chi connectivity index (χ4v) is 3.19. The lowest BCUT2D eigenvalue weighted by Crippen LogP contribution is -2.33. The summed E-state index contributed by atoms with van der Waals surface area (Å²) in [7, 11) is 0. The van der Waals surface area contributed by atoms with Crippen LogP contribution in [0.2, 0.25) is 0 Å². The molecule has 6 nitrogen and oxygen atoms in total. The summed E-state index contributed by atoms with van der Waals surface area (Å²) in [6, 6.07) is 0. The van der Waals surface area contributed by atoms with E-state index in [1.807, 2.05) is 25.7 Å². The van der Waals surface area contributed by atoms with E-state index in [1.54, 1.807) is 4.68 Å². The SMILES string of the molecule is CC(C)(C)n1nnnc1SCC(=O)N1CCCCCC1. The van der Waals surface area contributed by atoms with E-state index in [-0.39, 0.29) is 11.4 Å². The predicted octanol–water partition coefficient (Wildman–Crippen LogP) is 1.92. The summed E-state index contributed by atoms with van der Waals surface area (Å²) in [5, 5.41) is 12.4. The van der Waals surface area contributed by atoms with Gasteiger partial charge in [-0.25, -0.2) is 4.68 Å². The van der Waals surface area contributed by atoms with Crippen molar-refractivity contribution in [2.75, 3.05) is 18.8 Å². The Labute approximate surface area is 124 Å². The van der Waals surface area contributed by atoms with Crippen molar-refractivity contribution < 1.29 is 4.79 Å². The molecule has 2 heterocycles. The molecule has 1 aliphatic rings. The highest BCUT2D eigenvalue weighted by molar-refractivity contribution is 7.99. The highest BCUT2D eigenvalue weighted by Crippen LogP contribution is 2.22. The second kappa shape index (κ2) is 6.56. The number of likely N-dealkylation sites (tertiary alicyclic amines) is 1. The van der Waals surface area contributed by atoms with Gasteiger partial charge in [-0.3, -0.25) is 4.79 Å². The minimum Gasteiger partial charge on any atom is -0.342 e. The number of hydrogen-bond donors (Lipinski definition) is 0. The van der Waals surface area contributed by atoms with Gasteiger partial charge in [0.1, 0.15) is 0 Å². The van der Waals surface area contributed by atoms with Crippen LogP contribution < -0.4 is 0 Å². The summed E-state index contributed by atoms with van der Waals surface area (Å²) in [5.41, 5.74) is -0.169. The molecule has 2 rings (SSSR count). The minimum atomic E-state index is -0.169. The minimum absolute atomic E-state index is 0.169. The summed E-state index contributed by atoms with van der Waals surface area (Å²) < 4.78 is 1.77. The van der Waals surface area contributed by atoms with Crippen molar-refractivity contribution in [1.82, 2.24) is 25.1 Å². The second-order valence-corrected chi connectivity index (χ2v) is 7.07. The van der Waals surface area contributed by atoms with Crippen molar-refractivity contribution in [3.05, 3.63) is 0 Å². The average molecular weight is 297 g/mol. The molecule has 0 aliphatic carbocycles. The van der Waals surface area contributed by atoms with E-state index in [4.69, 9.17) is 0 Å². The Balaban J connectivity index is 1.91. The van der Waals surface area contributed by atoms with Crippen molar-refractivity contribution in [3.63, 3.8) is 0 Å². The van der Waals surface area contributed by atoms with E-state index in [0.29, 0.717) is 10.9 Å². The van der Waals surface area contributed by atoms with E-state index in [1.165, 1.54) is 24.6 Å². The van der Waals surface area contributed by atoms with E-state index < -0.39 is 0 Å². The van der Waals surface area contributed by atoms with Gasteiger partial charge in [0.25, 0.3) is 0 Å². The van der Waals surface area contributed by atoms with Crippen LogP contribution in [0.3, 0.4) is 0 Å². The Morgan fingerprint density at radius 2 is 1.85 bits per heavy atom. The molecule has 0 radical (unpaired) electrons. The van der Waals surface area contributed by atoms with E-state index in [2.05, 4.69) is 15.5 Å². The molecule has 7 heteroatoms. The van der Waals surface area contributed by atoms with Crippen LogP contribution in [0.1, 0.15) is 46.5 Å². The zero-order chi connectivity index (χ0) is 14.6. The first kappa shape index (κ1) is 15.3. The summed E-state index contributed by atoms with van der Waals surface area (Å²) >= 11 is 1.42. The lowest BCUT2D eigenvalue weighted by Gasteiger charge is -2.21. The van der Waals surface area contributed by atoms with Gasteiger partial charge < -0.3 is 4.90 Å². The molecule has 112 valence electrons. The van der Waals surface area contributed by atoms with Gasteiger partial charge in [-0.1, -0.05) is 24.6 Å². The third-order valence-electron chi connectivity index (χ3n) is 3.36. The number of carbonyl (C=O) groups is 1. The fourth-order valence-electron chi connectivity index (χ4n) is 2.23. The number of thioether (sulfide) groups is 1. The van der Waals surface area contributed by atoms with Gasteiger partial charge >= 0.3 is 0 Å². The van der Waals surface area contributed by atoms with Crippen LogP contribution in [0.4, 0.5) is 0 Å². The van der Waals surface area contributed by atoms with Gasteiger partial charge in [0.05, 0.1) is 11.3 Å². The molecular formula is C13H23N5OS. The van der Waals surface area contributed by atoms with Gasteiger partial charge in [0.2, 0.25) is 11.1 Å². The highest BCUT2D eigenvalue weighted by atomic mass is 32.2. The highest BCUT2D eigenvalue weighted by Gasteiger charge is 2.22. The maximum Gasteiger partial charge on any atom is 0.233 e. The van der Waals surface area contributed by atoms with Crippen LogP contribution in [0.25, 0.3) is 0 Å². The lowest BCUT2D eigenvalue weighted by atomic mass is 10.1. The number of hydrogen-bond acceptors (Lipinski definition) is 5. The molecule has 0 saturated carbocycles. The molecule has 0 unspecified atom stereocenters. The molecular weight excluding hydrogens is 274 g/mol. The summed E-state index contributed by atoms with van der Waals surface area (Å²) in [5.74, 6) is 0.608. The van der Waals surface area contributed by atoms with Crippen molar-refractivity contribution in [2.45, 2.75) is 57.1 Å². The van der Waals surface area contributed by atoms with Crippen molar-refractivity contribution in [1.29, 1.82) is 0 Å². The van der Waals surface area contributed by atoms with Crippen molar-refractivity contribution >= 4 is 17.7 Å². The van der Waals surface area contributed by atoms with Gasteiger partial charge in [-0.05, 0) is 44.0 Å². The number of rotatable bonds is 3. The molecule has 0 bridgehead atoms. The van der Waals surface area contributed by atoms with Gasteiger partial charge in [-0.2, -0.15) is 0 Å². The maximum atomic E-state index is 12.2. The maximum absolute atomic E-state index is 12.2. The second-order valence-electron chi connectivity index (χ2n) is 6.13. The lowest BCUT2D eigenvalue weighted by molar-refractivity contribution is -0.128. The Morgan fingerprint density at radius 1 is 1.20 bits per heavy atom. The van der Waals surface area contributed by atoms with Crippen LogP contribution >= 0.6 is 11.8 Å². The summed E-state index contributed by atoms with van der Waals surface area (Å²) in [6.45, 7) is 7.92. The number of aromatic nitrogens is 4. The van der Waals surface area contributed by atoms with Crippen LogP contribution in [-0.4, -0.2) is 49.9 Å². The monoisotopic (exact) mass is 297 g/mol. The molecule has 1 aromatic rings. The fraction of sp³-hybridized carbons (Fsp3) is 0.846. The topological polar surface area (TPSA) is 63.9 Å². The quantitative estimate of drug-likeness (QED) is 0.798. The van der Waals surface area contributed by atoms with Crippen LogP contribution in [-0.2, 0) is 10.3 Å². The third kappa shape index (κ3) is 3.94. The predicted molar refractivity (Wildman–Crippen MR) is 78.6 cm³/mol. The van der Waals surface area contributed by atoms with Gasteiger partial charge in [-0.15, -0.1) is 5.10 Å². The zero-order valence-electron chi connectivity index (χ0n) is 12.5. The Bertz CT molecular complexity index is 446. The summed E-state index contributed by atoms with van der Waals surface area (Å²) in [4.78, 5) is 14.2. The molecule has 1 amide bonds. The third-order valence-corrected chi connectivity index (χ3v) is 4.26. The number of amides is 1. The average Bonchev–Trinajstić information content (AvgIpc) is 2.70. The number of tetrazole rings is 1. The smallest absolute Gasteiger partial charge is 0.233 e. The van der Waals surface area contributed by atoms with Crippen LogP contribution in [0.15, 0.2) is 5.16 Å². The molecule has 20 heavy (non-hydrogen) atoms. The number of carbonyl (C=O) groups excluding carboxylic acids is 1. The van der Waals surface area contributed by atoms with Gasteiger partial charge in [0, 0.05) is 13.1 Å². The molecule has 0 aromatic carbocycles. The Morgan fingerprint density at radius 3 is 2.45 bits per heavy atom. The standard InChI is InChI=1S/C13H23N5OS/c1-13(2,3)18-12(14-15-16-18)20-10-11(19)17-8-6-4-5-7-9-17/h4-10H2,1-3H3. The molecule has 1 aliphatic heterocycles. The van der Waals surface area contributed by atoms with E-state index in [9.17, 15) is 4.79 Å². The normalized spacial score (nSPS) is 17.1. The van der Waals surface area contributed by atoms with Crippen molar-refractivity contribution in [3.8, 4) is 0 Å². The first-order valence-corrected chi connectivity index (χ1v) is 8.16. The number of nitrogens with zero attached hydrogens (tertiary/aromatic N) is 5. The summed E-state index contributed by atoms with van der Waals surface area (Å²) in [6.07, 6.45) is 4.71. The molecule has 0 N–H and O–H groups in total. The largest absolute Gasteiger partial charge is 0.342 e. The first-order valence-electron chi connectivity index (χ1n) is 7.18. The molecule has 1 aromatic heterocycles. The van der Waals surface area contributed by atoms with E-state index in [0.717, 1.165) is 25.9 Å². The molecule has 1 saturated heterocycles. The zero-order valence-corrected chi connectivity index (χ0v) is 13.3. The molecule has 0 spiro atoms. The van der Waals surface area contributed by atoms with Crippen LogP contribution in [0, 0.1) is 0 Å². The van der Waals surface area contributed by atoms with E-state index >= 15 is 0 Å². The van der Waals surface area contributed by atoms with Crippen molar-refractivity contribution in [2.24, 2.45) is 0 Å². The Kier molecular flexibility index (Phi) is 5.01. The molecule has 1 fully saturated rings. The Hall–Kier alpha value is -1.11. The molecule has 0 atom stereocenters. The first-order chi connectivity index (χ1) is 9.48. The van der Waals surface area contributed by atoms with Gasteiger partial charge in [0.15, 0.2) is 0 Å². The van der Waals surface area contributed by atoms with Crippen LogP contribution in [0.5, 0.6) is 0 Å².